The summed E-state index contributed by atoms with van der Waals surface area (Å²) in [4.78, 5) is 30.7. The number of carbonyl (C=O) groups excluding carboxylic acids is 2. The Morgan fingerprint density at radius 1 is 1.24 bits per heavy atom. The molecule has 1 N–H and O–H groups in total. The summed E-state index contributed by atoms with van der Waals surface area (Å²) in [6.07, 6.45) is 2.70. The van der Waals surface area contributed by atoms with Crippen LogP contribution in [0.2, 0.25) is 0 Å². The molecule has 1 aliphatic heterocycles. The molecule has 2 heterocycles. The minimum atomic E-state index is -0.294. The largest absolute Gasteiger partial charge is 0.355 e. The Balaban J connectivity index is 1.57. The standard InChI is InChI=1S/C20H23N3O2/c1-14-9-15(2)11-18(10-14)23-13-16(12-19(23)24)20(25)22-8-6-17-5-3-4-7-21-17/h3-5,7,9-11,16H,6,8,12-13H2,1-2H3,(H,22,25)/t16-/m1/s1. The van der Waals surface area contributed by atoms with Crippen LogP contribution in [0.1, 0.15) is 23.2 Å². The zero-order valence-corrected chi connectivity index (χ0v) is 14.7. The fraction of sp³-hybridized carbons (Fsp3) is 0.350. The molecule has 1 aromatic heterocycles. The molecular weight excluding hydrogens is 314 g/mol. The number of hydrogen-bond donors (Lipinski definition) is 1. The van der Waals surface area contributed by atoms with E-state index < -0.39 is 0 Å². The van der Waals surface area contributed by atoms with Crippen molar-refractivity contribution in [2.24, 2.45) is 5.92 Å². The molecule has 130 valence electrons. The first-order valence-corrected chi connectivity index (χ1v) is 8.59. The zero-order valence-electron chi connectivity index (χ0n) is 14.7. The molecule has 0 bridgehead atoms. The fourth-order valence-electron chi connectivity index (χ4n) is 3.24. The van der Waals surface area contributed by atoms with E-state index in [1.165, 1.54) is 0 Å². The molecule has 5 heteroatoms. The number of aryl methyl sites for hydroxylation is 2. The summed E-state index contributed by atoms with van der Waals surface area (Å²) in [7, 11) is 0. The first-order valence-electron chi connectivity index (χ1n) is 8.59. The van der Waals surface area contributed by atoms with Crippen molar-refractivity contribution in [3.63, 3.8) is 0 Å². The van der Waals surface area contributed by atoms with E-state index in [1.54, 1.807) is 11.1 Å². The number of aromatic nitrogens is 1. The Morgan fingerprint density at radius 2 is 2.00 bits per heavy atom. The predicted octanol–water partition coefficient (Wildman–Crippen LogP) is 2.41. The van der Waals surface area contributed by atoms with Gasteiger partial charge in [-0.15, -0.1) is 0 Å². The average Bonchev–Trinajstić information content (AvgIpc) is 2.97. The number of hydrogen-bond acceptors (Lipinski definition) is 3. The summed E-state index contributed by atoms with van der Waals surface area (Å²) in [5, 5.41) is 2.93. The van der Waals surface area contributed by atoms with Crippen LogP contribution >= 0.6 is 0 Å². The van der Waals surface area contributed by atoms with Crippen molar-refractivity contribution < 1.29 is 9.59 Å². The van der Waals surface area contributed by atoms with Crippen LogP contribution in [-0.4, -0.2) is 29.9 Å². The Kier molecular flexibility index (Phi) is 5.12. The lowest BCUT2D eigenvalue weighted by molar-refractivity contribution is -0.126. The van der Waals surface area contributed by atoms with Crippen LogP contribution in [0.5, 0.6) is 0 Å². The topological polar surface area (TPSA) is 62.3 Å². The number of amides is 2. The lowest BCUT2D eigenvalue weighted by Crippen LogP contribution is -2.34. The predicted molar refractivity (Wildman–Crippen MR) is 97.3 cm³/mol. The highest BCUT2D eigenvalue weighted by atomic mass is 16.2. The molecular formula is C20H23N3O2. The van der Waals surface area contributed by atoms with E-state index in [0.29, 0.717) is 19.5 Å². The molecule has 0 spiro atoms. The average molecular weight is 337 g/mol. The molecule has 1 atom stereocenters. The first-order chi connectivity index (χ1) is 12.0. The van der Waals surface area contributed by atoms with Crippen LogP contribution < -0.4 is 10.2 Å². The van der Waals surface area contributed by atoms with Crippen molar-refractivity contribution in [1.82, 2.24) is 10.3 Å². The van der Waals surface area contributed by atoms with Crippen LogP contribution in [0.15, 0.2) is 42.6 Å². The third-order valence-electron chi connectivity index (χ3n) is 4.42. The van der Waals surface area contributed by atoms with E-state index in [2.05, 4.69) is 16.4 Å². The van der Waals surface area contributed by atoms with Crippen molar-refractivity contribution in [2.75, 3.05) is 18.0 Å². The van der Waals surface area contributed by atoms with E-state index in [-0.39, 0.29) is 24.2 Å². The molecule has 2 amide bonds. The summed E-state index contributed by atoms with van der Waals surface area (Å²) in [6.45, 7) is 5.00. The SMILES string of the molecule is Cc1cc(C)cc(N2C[C@H](C(=O)NCCc3ccccn3)CC2=O)c1. The second-order valence-electron chi connectivity index (χ2n) is 6.61. The van der Waals surface area contributed by atoms with E-state index in [9.17, 15) is 9.59 Å². The summed E-state index contributed by atoms with van der Waals surface area (Å²) >= 11 is 0. The maximum atomic E-state index is 12.4. The highest BCUT2D eigenvalue weighted by Gasteiger charge is 2.35. The molecule has 1 aliphatic rings. The van der Waals surface area contributed by atoms with Gasteiger partial charge in [0, 0.05) is 43.5 Å². The number of benzene rings is 1. The molecule has 1 aromatic carbocycles. The van der Waals surface area contributed by atoms with Gasteiger partial charge in [0.15, 0.2) is 0 Å². The lowest BCUT2D eigenvalue weighted by Gasteiger charge is -2.18. The van der Waals surface area contributed by atoms with Gasteiger partial charge in [0.25, 0.3) is 0 Å². The zero-order chi connectivity index (χ0) is 17.8. The highest BCUT2D eigenvalue weighted by Crippen LogP contribution is 2.27. The molecule has 5 nitrogen and oxygen atoms in total. The number of nitrogens with one attached hydrogen (secondary N) is 1. The summed E-state index contributed by atoms with van der Waals surface area (Å²) in [5.41, 5.74) is 4.06. The minimum absolute atomic E-state index is 0.00914. The van der Waals surface area contributed by atoms with Crippen LogP contribution in [0.25, 0.3) is 0 Å². The second-order valence-corrected chi connectivity index (χ2v) is 6.61. The van der Waals surface area contributed by atoms with Gasteiger partial charge in [0.2, 0.25) is 11.8 Å². The van der Waals surface area contributed by atoms with Crippen molar-refractivity contribution in [2.45, 2.75) is 26.7 Å². The van der Waals surface area contributed by atoms with E-state index >= 15 is 0 Å². The van der Waals surface area contributed by atoms with Gasteiger partial charge in [-0.3, -0.25) is 14.6 Å². The van der Waals surface area contributed by atoms with Crippen LogP contribution in [0.4, 0.5) is 5.69 Å². The molecule has 1 saturated heterocycles. The smallest absolute Gasteiger partial charge is 0.227 e. The van der Waals surface area contributed by atoms with Crippen LogP contribution in [0.3, 0.4) is 0 Å². The maximum absolute atomic E-state index is 12.4. The fourth-order valence-corrected chi connectivity index (χ4v) is 3.24. The first kappa shape index (κ1) is 17.1. The van der Waals surface area contributed by atoms with Crippen molar-refractivity contribution in [3.05, 3.63) is 59.4 Å². The Hall–Kier alpha value is -2.69. The molecule has 25 heavy (non-hydrogen) atoms. The van der Waals surface area contributed by atoms with Crippen molar-refractivity contribution in [3.8, 4) is 0 Å². The number of nitrogens with zero attached hydrogens (tertiary/aromatic N) is 2. The molecule has 0 radical (unpaired) electrons. The summed E-state index contributed by atoms with van der Waals surface area (Å²) in [5.74, 6) is -0.344. The normalized spacial score (nSPS) is 17.0. The van der Waals surface area contributed by atoms with Gasteiger partial charge >= 0.3 is 0 Å². The van der Waals surface area contributed by atoms with Gasteiger partial charge in [-0.05, 0) is 49.2 Å². The molecule has 0 unspecified atom stereocenters. The summed E-state index contributed by atoms with van der Waals surface area (Å²) < 4.78 is 0. The number of rotatable bonds is 5. The number of anilines is 1. The monoisotopic (exact) mass is 337 g/mol. The van der Waals surface area contributed by atoms with Gasteiger partial charge < -0.3 is 10.2 Å². The maximum Gasteiger partial charge on any atom is 0.227 e. The minimum Gasteiger partial charge on any atom is -0.355 e. The Morgan fingerprint density at radius 3 is 2.68 bits per heavy atom. The molecule has 1 fully saturated rings. The molecule has 0 saturated carbocycles. The van der Waals surface area contributed by atoms with Gasteiger partial charge in [-0.2, -0.15) is 0 Å². The second kappa shape index (κ2) is 7.47. The molecule has 2 aromatic rings. The van der Waals surface area contributed by atoms with Gasteiger partial charge in [-0.25, -0.2) is 0 Å². The summed E-state index contributed by atoms with van der Waals surface area (Å²) in [6, 6.07) is 11.8. The quantitative estimate of drug-likeness (QED) is 0.911. The van der Waals surface area contributed by atoms with Crippen LogP contribution in [-0.2, 0) is 16.0 Å². The Labute approximate surface area is 148 Å². The lowest BCUT2D eigenvalue weighted by atomic mass is 10.1. The van der Waals surface area contributed by atoms with Gasteiger partial charge in [0.05, 0.1) is 5.92 Å². The Bertz CT molecular complexity index is 754. The molecule has 0 aliphatic carbocycles. The third kappa shape index (κ3) is 4.24. The van der Waals surface area contributed by atoms with E-state index in [4.69, 9.17) is 0 Å². The van der Waals surface area contributed by atoms with E-state index in [0.717, 1.165) is 22.5 Å². The third-order valence-corrected chi connectivity index (χ3v) is 4.42. The molecule has 3 rings (SSSR count). The van der Waals surface area contributed by atoms with E-state index in [1.807, 2.05) is 44.2 Å². The van der Waals surface area contributed by atoms with Gasteiger partial charge in [-0.1, -0.05) is 12.1 Å². The number of carbonyl (C=O) groups is 2. The van der Waals surface area contributed by atoms with Crippen LogP contribution in [0, 0.1) is 19.8 Å². The van der Waals surface area contributed by atoms with Gasteiger partial charge in [0.1, 0.15) is 0 Å². The van der Waals surface area contributed by atoms with Crippen molar-refractivity contribution >= 4 is 17.5 Å². The van der Waals surface area contributed by atoms with Crippen molar-refractivity contribution in [1.29, 1.82) is 0 Å². The highest BCUT2D eigenvalue weighted by molar-refractivity contribution is 6.00. The number of pyridine rings is 1.